The van der Waals surface area contributed by atoms with E-state index in [0.29, 0.717) is 11.6 Å². The lowest BCUT2D eigenvalue weighted by atomic mass is 9.88. The van der Waals surface area contributed by atoms with E-state index in [2.05, 4.69) is 42.9 Å². The smallest absolute Gasteiger partial charge is 0.249 e. The zero-order valence-electron chi connectivity index (χ0n) is 16.1. The summed E-state index contributed by atoms with van der Waals surface area (Å²) in [5.41, 5.74) is 4.36. The van der Waals surface area contributed by atoms with Crippen LogP contribution in [-0.2, 0) is 30.7 Å². The summed E-state index contributed by atoms with van der Waals surface area (Å²) < 4.78 is 1.69. The molecule has 1 amide bonds. The zero-order chi connectivity index (χ0) is 19.5. The van der Waals surface area contributed by atoms with E-state index in [9.17, 15) is 4.79 Å². The average molecular weight is 381 g/mol. The van der Waals surface area contributed by atoms with Crippen LogP contribution in [0.5, 0.6) is 0 Å². The largest absolute Gasteiger partial charge is 0.306 e. The molecule has 0 atom stereocenters. The molecule has 10 nitrogen and oxygen atoms in total. The van der Waals surface area contributed by atoms with Gasteiger partial charge in [-0.3, -0.25) is 14.5 Å². The van der Waals surface area contributed by atoms with Gasteiger partial charge in [0.2, 0.25) is 11.7 Å². The van der Waals surface area contributed by atoms with Gasteiger partial charge in [-0.05, 0) is 55.4 Å². The predicted octanol–water partition coefficient (Wildman–Crippen LogP) is 1.56. The summed E-state index contributed by atoms with van der Waals surface area (Å²) in [5, 5.41) is 23.2. The minimum Gasteiger partial charge on any atom is -0.306 e. The van der Waals surface area contributed by atoms with Crippen LogP contribution in [0.2, 0.25) is 0 Å². The number of carbonyl (C=O) groups is 1. The van der Waals surface area contributed by atoms with Gasteiger partial charge in [0.1, 0.15) is 6.54 Å². The quantitative estimate of drug-likeness (QED) is 0.689. The molecule has 0 saturated carbocycles. The number of tetrazole rings is 1. The summed E-state index contributed by atoms with van der Waals surface area (Å²) in [6.45, 7) is 4.72. The van der Waals surface area contributed by atoms with Gasteiger partial charge in [-0.2, -0.15) is 4.80 Å². The Hall–Kier alpha value is -3.17. The zero-order valence-corrected chi connectivity index (χ0v) is 16.1. The molecule has 1 aliphatic carbocycles. The highest BCUT2D eigenvalue weighted by Gasteiger charge is 2.21. The lowest BCUT2D eigenvalue weighted by Gasteiger charge is -2.18. The minimum atomic E-state index is -0.280. The highest BCUT2D eigenvalue weighted by molar-refractivity contribution is 5.89. The van der Waals surface area contributed by atoms with Gasteiger partial charge in [-0.1, -0.05) is 12.1 Å². The van der Waals surface area contributed by atoms with Crippen LogP contribution >= 0.6 is 0 Å². The number of rotatable bonds is 6. The SMILES string of the molecule is CCCn1cc(NC(=O)Cn2nnc(-c3c(C)ncc4c3CCCC4)n2)nn1. The highest BCUT2D eigenvalue weighted by atomic mass is 16.2. The molecule has 3 heterocycles. The molecule has 0 aromatic carbocycles. The number of carbonyl (C=O) groups excluding carboxylic acids is 1. The number of hydrogen-bond donors (Lipinski definition) is 1. The molecule has 1 N–H and O–H groups in total. The fourth-order valence-corrected chi connectivity index (χ4v) is 3.53. The molecule has 4 rings (SSSR count). The number of aryl methyl sites for hydroxylation is 3. The van der Waals surface area contributed by atoms with Crippen LogP contribution in [0.1, 0.15) is 43.0 Å². The van der Waals surface area contributed by atoms with Crippen molar-refractivity contribution in [2.75, 3.05) is 5.32 Å². The Kier molecular flexibility index (Phi) is 5.09. The Morgan fingerprint density at radius 3 is 2.93 bits per heavy atom. The number of hydrogen-bond acceptors (Lipinski definition) is 7. The number of amides is 1. The third-order valence-corrected chi connectivity index (χ3v) is 4.81. The van der Waals surface area contributed by atoms with Gasteiger partial charge in [-0.25, -0.2) is 0 Å². The standard InChI is InChI=1S/C18H23N9O/c1-3-8-26-10-15(21-24-26)20-16(28)11-27-23-18(22-25-27)17-12(2)19-9-13-6-4-5-7-14(13)17/h9-10H,3-8,11H2,1-2H3,(H,20,28). The third kappa shape index (κ3) is 3.75. The summed E-state index contributed by atoms with van der Waals surface area (Å²) >= 11 is 0. The molecule has 0 unspecified atom stereocenters. The maximum Gasteiger partial charge on any atom is 0.249 e. The summed E-state index contributed by atoms with van der Waals surface area (Å²) in [5.74, 6) is 0.652. The molecular formula is C18H23N9O. The van der Waals surface area contributed by atoms with Crippen molar-refractivity contribution >= 4 is 11.7 Å². The summed E-state index contributed by atoms with van der Waals surface area (Å²) in [4.78, 5) is 18.1. The molecule has 0 saturated heterocycles. The number of aromatic nitrogens is 8. The molecule has 28 heavy (non-hydrogen) atoms. The lowest BCUT2D eigenvalue weighted by molar-refractivity contribution is -0.117. The Morgan fingerprint density at radius 2 is 2.07 bits per heavy atom. The molecule has 1 aliphatic rings. The Balaban J connectivity index is 1.48. The number of anilines is 1. The van der Waals surface area contributed by atoms with Gasteiger partial charge in [0.25, 0.3) is 0 Å². The monoisotopic (exact) mass is 381 g/mol. The number of pyridine rings is 1. The lowest BCUT2D eigenvalue weighted by Crippen LogP contribution is -2.20. The topological polar surface area (TPSA) is 116 Å². The first kappa shape index (κ1) is 18.2. The highest BCUT2D eigenvalue weighted by Crippen LogP contribution is 2.30. The molecule has 0 spiro atoms. The van der Waals surface area contributed by atoms with Crippen LogP contribution < -0.4 is 5.32 Å². The van der Waals surface area contributed by atoms with Crippen LogP contribution in [0.4, 0.5) is 5.82 Å². The van der Waals surface area contributed by atoms with Crippen molar-refractivity contribution in [1.29, 1.82) is 0 Å². The van der Waals surface area contributed by atoms with E-state index < -0.39 is 0 Å². The van der Waals surface area contributed by atoms with Crippen molar-refractivity contribution in [3.63, 3.8) is 0 Å². The number of nitrogens with zero attached hydrogens (tertiary/aromatic N) is 8. The number of fused-ring (bicyclic) bond motifs is 1. The first-order valence-electron chi connectivity index (χ1n) is 9.59. The van der Waals surface area contributed by atoms with Crippen LogP contribution in [0.25, 0.3) is 11.4 Å². The van der Waals surface area contributed by atoms with Crippen LogP contribution in [0, 0.1) is 6.92 Å². The van der Waals surface area contributed by atoms with E-state index in [-0.39, 0.29) is 12.5 Å². The van der Waals surface area contributed by atoms with E-state index in [4.69, 9.17) is 0 Å². The van der Waals surface area contributed by atoms with Crippen LogP contribution in [-0.4, -0.2) is 46.1 Å². The molecule has 0 fully saturated rings. The van der Waals surface area contributed by atoms with Crippen molar-refractivity contribution in [3.8, 4) is 11.4 Å². The van der Waals surface area contributed by atoms with E-state index in [1.54, 1.807) is 10.9 Å². The molecule has 3 aromatic heterocycles. The van der Waals surface area contributed by atoms with E-state index in [1.165, 1.54) is 22.3 Å². The second kappa shape index (κ2) is 7.83. The summed E-state index contributed by atoms with van der Waals surface area (Å²) in [6.07, 6.45) is 8.96. The van der Waals surface area contributed by atoms with Gasteiger partial charge in [-0.15, -0.1) is 15.3 Å². The Labute approximate surface area is 162 Å². The predicted molar refractivity (Wildman–Crippen MR) is 101 cm³/mol. The minimum absolute atomic E-state index is 0.0465. The van der Waals surface area contributed by atoms with Gasteiger partial charge in [0, 0.05) is 24.0 Å². The van der Waals surface area contributed by atoms with E-state index in [0.717, 1.165) is 43.5 Å². The Morgan fingerprint density at radius 1 is 1.21 bits per heavy atom. The fourth-order valence-electron chi connectivity index (χ4n) is 3.53. The van der Waals surface area contributed by atoms with Crippen LogP contribution in [0.15, 0.2) is 12.4 Å². The van der Waals surface area contributed by atoms with Crippen molar-refractivity contribution in [2.45, 2.75) is 59.0 Å². The summed E-state index contributed by atoms with van der Waals surface area (Å²) in [7, 11) is 0. The second-order valence-electron chi connectivity index (χ2n) is 6.99. The molecular weight excluding hydrogens is 358 g/mol. The molecule has 0 radical (unpaired) electrons. The summed E-state index contributed by atoms with van der Waals surface area (Å²) in [6, 6.07) is 0. The number of nitrogens with one attached hydrogen (secondary N) is 1. The molecule has 3 aromatic rings. The van der Waals surface area contributed by atoms with Crippen molar-refractivity contribution in [1.82, 2.24) is 40.2 Å². The third-order valence-electron chi connectivity index (χ3n) is 4.81. The van der Waals surface area contributed by atoms with Crippen molar-refractivity contribution in [2.24, 2.45) is 0 Å². The van der Waals surface area contributed by atoms with Gasteiger partial charge in [0.15, 0.2) is 5.82 Å². The maximum absolute atomic E-state index is 12.3. The van der Waals surface area contributed by atoms with Crippen LogP contribution in [0.3, 0.4) is 0 Å². The van der Waals surface area contributed by atoms with E-state index >= 15 is 0 Å². The van der Waals surface area contributed by atoms with Gasteiger partial charge >= 0.3 is 0 Å². The molecule has 10 heteroatoms. The fraction of sp³-hybridized carbons (Fsp3) is 0.500. The van der Waals surface area contributed by atoms with Crippen molar-refractivity contribution in [3.05, 3.63) is 29.2 Å². The van der Waals surface area contributed by atoms with E-state index in [1.807, 2.05) is 13.1 Å². The second-order valence-corrected chi connectivity index (χ2v) is 6.99. The maximum atomic E-state index is 12.3. The molecule has 0 bridgehead atoms. The van der Waals surface area contributed by atoms with Gasteiger partial charge < -0.3 is 5.32 Å². The molecule has 0 aliphatic heterocycles. The van der Waals surface area contributed by atoms with Gasteiger partial charge in [0.05, 0.1) is 6.20 Å². The average Bonchev–Trinajstić information content (AvgIpc) is 3.31. The van der Waals surface area contributed by atoms with Crippen molar-refractivity contribution < 1.29 is 4.79 Å². The Bertz CT molecular complexity index is 991. The normalized spacial score (nSPS) is 13.4. The first-order chi connectivity index (χ1) is 13.6. The first-order valence-corrected chi connectivity index (χ1v) is 9.59. The molecule has 146 valence electrons.